The first-order valence-electron chi connectivity index (χ1n) is 11.9. The molecule has 2 aliphatic rings. The lowest BCUT2D eigenvalue weighted by molar-refractivity contribution is 0.0747. The van der Waals surface area contributed by atoms with Crippen LogP contribution < -0.4 is 4.74 Å². The lowest BCUT2D eigenvalue weighted by Crippen LogP contribution is -2.27. The number of hydrogen-bond donors (Lipinski definition) is 1. The molecule has 0 bridgehead atoms. The molecule has 0 unspecified atom stereocenters. The van der Waals surface area contributed by atoms with Crippen LogP contribution in [0.1, 0.15) is 43.0 Å². The van der Waals surface area contributed by atoms with Crippen molar-refractivity contribution in [2.45, 2.75) is 26.2 Å². The van der Waals surface area contributed by atoms with Gasteiger partial charge in [0.1, 0.15) is 23.9 Å². The first-order valence-corrected chi connectivity index (χ1v) is 11.9. The number of phenols is 1. The van der Waals surface area contributed by atoms with Crippen LogP contribution in [-0.4, -0.2) is 58.9 Å². The van der Waals surface area contributed by atoms with E-state index in [0.717, 1.165) is 29.0 Å². The van der Waals surface area contributed by atoms with Gasteiger partial charge in [-0.15, -0.1) is 0 Å². The van der Waals surface area contributed by atoms with Crippen molar-refractivity contribution in [1.82, 2.24) is 14.7 Å². The molecule has 36 heavy (non-hydrogen) atoms. The second-order valence-electron chi connectivity index (χ2n) is 9.51. The maximum absolute atomic E-state index is 14.1. The van der Waals surface area contributed by atoms with Gasteiger partial charge in [-0.3, -0.25) is 9.59 Å². The van der Waals surface area contributed by atoms with Gasteiger partial charge >= 0.3 is 0 Å². The van der Waals surface area contributed by atoms with Crippen molar-refractivity contribution < 1.29 is 23.8 Å². The first kappa shape index (κ1) is 23.8. The number of benzene rings is 3. The quantitative estimate of drug-likeness (QED) is 0.571. The van der Waals surface area contributed by atoms with Gasteiger partial charge in [0, 0.05) is 43.9 Å². The molecule has 1 N–H and O–H groups in total. The Morgan fingerprint density at radius 3 is 2.44 bits per heavy atom. The van der Waals surface area contributed by atoms with Crippen LogP contribution in [0.15, 0.2) is 54.6 Å². The van der Waals surface area contributed by atoms with E-state index in [1.165, 1.54) is 29.2 Å². The predicted octanol–water partition coefficient (Wildman–Crippen LogP) is 3.78. The summed E-state index contributed by atoms with van der Waals surface area (Å²) in [5.74, 6) is -0.434. The fraction of sp³-hybridized carbons (Fsp3) is 0.286. The third-order valence-electron chi connectivity index (χ3n) is 6.68. The molecule has 0 aromatic heterocycles. The van der Waals surface area contributed by atoms with Gasteiger partial charge in [0.05, 0.1) is 5.56 Å². The zero-order chi connectivity index (χ0) is 25.4. The normalized spacial score (nSPS) is 14.2. The summed E-state index contributed by atoms with van der Waals surface area (Å²) in [5, 5.41) is 10.4. The Morgan fingerprint density at radius 2 is 1.67 bits per heavy atom. The number of carbonyl (C=O) groups excluding carboxylic acids is 2. The van der Waals surface area contributed by atoms with Crippen molar-refractivity contribution in [1.29, 1.82) is 0 Å². The van der Waals surface area contributed by atoms with Gasteiger partial charge in [0.2, 0.25) is 0 Å². The van der Waals surface area contributed by atoms with E-state index in [2.05, 4.69) is 0 Å². The maximum Gasteiger partial charge on any atom is 0.258 e. The zero-order valence-corrected chi connectivity index (χ0v) is 20.3. The molecule has 0 aliphatic carbocycles. The van der Waals surface area contributed by atoms with Gasteiger partial charge in [-0.2, -0.15) is 0 Å². The van der Waals surface area contributed by atoms with E-state index in [0.29, 0.717) is 31.8 Å². The lowest BCUT2D eigenvalue weighted by atomic mass is 10.1. The number of halogens is 1. The summed E-state index contributed by atoms with van der Waals surface area (Å²) >= 11 is 0. The SMILES string of the molecule is CN(C)CCOc1ccc2c(c1)CN(C(=O)c1cc(C(=O)N3Cc4cccc(F)c4C3)ccc1O)C2. The number of fused-ring (bicyclic) bond motifs is 2. The highest BCUT2D eigenvalue weighted by atomic mass is 19.1. The highest BCUT2D eigenvalue weighted by Crippen LogP contribution is 2.31. The average molecular weight is 490 g/mol. The molecular formula is C28H28FN3O4. The average Bonchev–Trinajstić information content (AvgIpc) is 3.48. The molecule has 2 heterocycles. The summed E-state index contributed by atoms with van der Waals surface area (Å²) < 4.78 is 19.9. The topological polar surface area (TPSA) is 73.3 Å². The van der Waals surface area contributed by atoms with Gasteiger partial charge in [-0.1, -0.05) is 18.2 Å². The Balaban J connectivity index is 1.29. The van der Waals surface area contributed by atoms with Crippen LogP contribution >= 0.6 is 0 Å². The monoisotopic (exact) mass is 489 g/mol. The number of aromatic hydroxyl groups is 1. The predicted molar refractivity (Wildman–Crippen MR) is 132 cm³/mol. The van der Waals surface area contributed by atoms with Crippen LogP contribution in [0.25, 0.3) is 0 Å². The van der Waals surface area contributed by atoms with Crippen molar-refractivity contribution in [2.24, 2.45) is 0 Å². The molecular weight excluding hydrogens is 461 g/mol. The summed E-state index contributed by atoms with van der Waals surface area (Å²) in [6.07, 6.45) is 0. The van der Waals surface area contributed by atoms with Crippen molar-refractivity contribution in [2.75, 3.05) is 27.2 Å². The number of phenolic OH excluding ortho intramolecular Hbond substituents is 1. The standard InChI is InChI=1S/C28H28FN3O4/c1-30(2)10-11-36-22-8-6-19-14-31(16-21(19)12-22)28(35)23-13-18(7-9-26(23)33)27(34)32-15-20-4-3-5-25(29)24(20)17-32/h3-9,12-13,33H,10-11,14-17H2,1-2H3. The number of ether oxygens (including phenoxy) is 1. The summed E-state index contributed by atoms with van der Waals surface area (Å²) in [7, 11) is 3.97. The Kier molecular flexibility index (Phi) is 6.36. The molecule has 2 aliphatic heterocycles. The van der Waals surface area contributed by atoms with E-state index in [4.69, 9.17) is 4.74 Å². The third-order valence-corrected chi connectivity index (χ3v) is 6.68. The largest absolute Gasteiger partial charge is 0.507 e. The minimum absolute atomic E-state index is 0.0685. The van der Waals surface area contributed by atoms with E-state index >= 15 is 0 Å². The second kappa shape index (κ2) is 9.62. The van der Waals surface area contributed by atoms with Crippen LogP contribution in [0.3, 0.4) is 0 Å². The molecule has 0 spiro atoms. The van der Waals surface area contributed by atoms with Gasteiger partial charge < -0.3 is 24.5 Å². The van der Waals surface area contributed by atoms with Crippen LogP contribution in [-0.2, 0) is 26.2 Å². The van der Waals surface area contributed by atoms with Crippen LogP contribution in [0, 0.1) is 5.82 Å². The minimum atomic E-state index is -0.357. The molecule has 0 saturated carbocycles. The molecule has 7 nitrogen and oxygen atoms in total. The number of amides is 2. The molecule has 3 aromatic rings. The van der Waals surface area contributed by atoms with Crippen LogP contribution in [0.2, 0.25) is 0 Å². The van der Waals surface area contributed by atoms with E-state index in [1.54, 1.807) is 17.0 Å². The molecule has 0 saturated heterocycles. The summed E-state index contributed by atoms with van der Waals surface area (Å²) in [6.45, 7) is 2.63. The van der Waals surface area contributed by atoms with Crippen LogP contribution in [0.5, 0.6) is 11.5 Å². The Bertz CT molecular complexity index is 1340. The Morgan fingerprint density at radius 1 is 0.917 bits per heavy atom. The van der Waals surface area contributed by atoms with Crippen molar-refractivity contribution in [3.05, 3.63) is 93.8 Å². The molecule has 186 valence electrons. The molecule has 8 heteroatoms. The first-order chi connectivity index (χ1) is 17.3. The Labute approximate surface area is 209 Å². The Hall–Kier alpha value is -3.91. The molecule has 0 fully saturated rings. The molecule has 0 atom stereocenters. The van der Waals surface area contributed by atoms with Crippen molar-refractivity contribution >= 4 is 11.8 Å². The maximum atomic E-state index is 14.1. The fourth-order valence-corrected chi connectivity index (χ4v) is 4.67. The number of nitrogens with zero attached hydrogens (tertiary/aromatic N) is 3. The smallest absolute Gasteiger partial charge is 0.258 e. The number of rotatable bonds is 6. The van der Waals surface area contributed by atoms with Crippen LogP contribution in [0.4, 0.5) is 4.39 Å². The number of likely N-dealkylation sites (N-methyl/N-ethyl adjacent to an activating group) is 1. The highest BCUT2D eigenvalue weighted by molar-refractivity contribution is 6.01. The van der Waals surface area contributed by atoms with Gasteiger partial charge in [-0.25, -0.2) is 4.39 Å². The number of carbonyl (C=O) groups is 2. The van der Waals surface area contributed by atoms with E-state index in [-0.39, 0.29) is 41.1 Å². The highest BCUT2D eigenvalue weighted by Gasteiger charge is 2.30. The van der Waals surface area contributed by atoms with E-state index in [9.17, 15) is 19.1 Å². The molecule has 0 radical (unpaired) electrons. The summed E-state index contributed by atoms with van der Waals surface area (Å²) in [4.78, 5) is 31.7. The van der Waals surface area contributed by atoms with Gasteiger partial charge in [0.15, 0.2) is 0 Å². The fourth-order valence-electron chi connectivity index (χ4n) is 4.67. The van der Waals surface area contributed by atoms with Crippen molar-refractivity contribution in [3.63, 3.8) is 0 Å². The zero-order valence-electron chi connectivity index (χ0n) is 20.3. The second-order valence-corrected chi connectivity index (χ2v) is 9.51. The summed E-state index contributed by atoms with van der Waals surface area (Å²) in [5.41, 5.74) is 3.65. The molecule has 3 aromatic carbocycles. The van der Waals surface area contributed by atoms with Gasteiger partial charge in [-0.05, 0) is 67.2 Å². The van der Waals surface area contributed by atoms with Crippen molar-refractivity contribution in [3.8, 4) is 11.5 Å². The lowest BCUT2D eigenvalue weighted by Gasteiger charge is -2.19. The van der Waals surface area contributed by atoms with Gasteiger partial charge in [0.25, 0.3) is 11.8 Å². The van der Waals surface area contributed by atoms with E-state index in [1.807, 2.05) is 37.2 Å². The van der Waals surface area contributed by atoms with E-state index < -0.39 is 0 Å². The minimum Gasteiger partial charge on any atom is -0.507 e. The third kappa shape index (κ3) is 4.64. The molecule has 5 rings (SSSR count). The summed E-state index contributed by atoms with van der Waals surface area (Å²) in [6, 6.07) is 14.9. The number of hydrogen-bond acceptors (Lipinski definition) is 5. The molecule has 2 amide bonds.